The summed E-state index contributed by atoms with van der Waals surface area (Å²) >= 11 is 0. The number of carbonyl (C=O) groups excluding carboxylic acids is 1. The van der Waals surface area contributed by atoms with E-state index in [0.717, 1.165) is 0 Å². The lowest BCUT2D eigenvalue weighted by atomic mass is 9.81. The maximum absolute atomic E-state index is 14.1. The zero-order chi connectivity index (χ0) is 9.38. The van der Waals surface area contributed by atoms with Crippen LogP contribution in [0.5, 0.6) is 0 Å². The molecule has 0 aromatic rings. The van der Waals surface area contributed by atoms with Crippen molar-refractivity contribution in [3.8, 4) is 0 Å². The molecule has 2 bridgehead atoms. The first kappa shape index (κ1) is 7.77. The number of hydrogen-bond donors (Lipinski definition) is 0. The van der Waals surface area contributed by atoms with E-state index in [1.54, 1.807) is 0 Å². The molecule has 2 saturated carbocycles. The van der Waals surface area contributed by atoms with Crippen molar-refractivity contribution in [1.82, 2.24) is 0 Å². The number of rotatable bonds is 0. The first-order valence-corrected chi connectivity index (χ1v) is 4.95. The summed E-state index contributed by atoms with van der Waals surface area (Å²) in [7, 11) is 0. The Morgan fingerprint density at radius 1 is 1.46 bits per heavy atom. The Bertz CT molecular complexity index is 291. The van der Waals surface area contributed by atoms with Crippen LogP contribution in [0.15, 0.2) is 0 Å². The van der Waals surface area contributed by atoms with E-state index in [9.17, 15) is 9.18 Å². The molecule has 0 aromatic carbocycles. The van der Waals surface area contributed by atoms with E-state index in [0.29, 0.717) is 24.2 Å². The van der Waals surface area contributed by atoms with Crippen LogP contribution in [0.1, 0.15) is 20.3 Å². The molecule has 6 atom stereocenters. The van der Waals surface area contributed by atoms with Crippen molar-refractivity contribution in [2.24, 2.45) is 23.7 Å². The molecule has 3 rings (SSSR count). The highest BCUT2D eigenvalue weighted by Gasteiger charge is 2.73. The second-order valence-electron chi connectivity index (χ2n) is 4.84. The zero-order valence-electron chi connectivity index (χ0n) is 7.79. The van der Waals surface area contributed by atoms with E-state index < -0.39 is 11.6 Å². The number of fused-ring (bicyclic) bond motifs is 1. The zero-order valence-corrected chi connectivity index (χ0v) is 7.79. The fourth-order valence-electron chi connectivity index (χ4n) is 3.76. The summed E-state index contributed by atoms with van der Waals surface area (Å²) in [5.74, 6) is 0.277. The summed E-state index contributed by atoms with van der Waals surface area (Å²) in [4.78, 5) is 11.3. The fourth-order valence-corrected chi connectivity index (χ4v) is 3.76. The van der Waals surface area contributed by atoms with Gasteiger partial charge in [0.15, 0.2) is 0 Å². The van der Waals surface area contributed by atoms with Crippen molar-refractivity contribution in [3.05, 3.63) is 0 Å². The van der Waals surface area contributed by atoms with Gasteiger partial charge in [0.05, 0.1) is 0 Å². The monoisotopic (exact) mass is 184 g/mol. The molecule has 0 spiro atoms. The molecular formula is C10H13FO2. The normalized spacial score (nSPS) is 63.0. The standard InChI is InChI=1S/C10H13FO2/c1-4-6-3-10(11)7(4)8(5(6)2)13-9(10)12/h4-8H,3H2,1-2H3. The van der Waals surface area contributed by atoms with Crippen LogP contribution in [-0.2, 0) is 9.53 Å². The molecule has 1 heterocycles. The van der Waals surface area contributed by atoms with E-state index in [4.69, 9.17) is 4.74 Å². The highest BCUT2D eigenvalue weighted by Crippen LogP contribution is 2.63. The summed E-state index contributed by atoms with van der Waals surface area (Å²) in [5, 5.41) is 0. The maximum atomic E-state index is 14.1. The summed E-state index contributed by atoms with van der Waals surface area (Å²) in [6, 6.07) is 0. The Balaban J connectivity index is 2.12. The van der Waals surface area contributed by atoms with E-state index >= 15 is 0 Å². The van der Waals surface area contributed by atoms with Crippen molar-refractivity contribution in [3.63, 3.8) is 0 Å². The largest absolute Gasteiger partial charge is 0.459 e. The smallest absolute Gasteiger partial charge is 0.344 e. The average Bonchev–Trinajstić information content (AvgIpc) is 2.52. The third-order valence-electron chi connectivity index (χ3n) is 4.43. The van der Waals surface area contributed by atoms with Crippen molar-refractivity contribution in [1.29, 1.82) is 0 Å². The van der Waals surface area contributed by atoms with Gasteiger partial charge in [-0.1, -0.05) is 13.8 Å². The molecule has 3 aliphatic rings. The summed E-state index contributed by atoms with van der Waals surface area (Å²) in [6.07, 6.45) is 0.265. The second kappa shape index (κ2) is 1.91. The molecule has 72 valence electrons. The van der Waals surface area contributed by atoms with Crippen LogP contribution in [-0.4, -0.2) is 17.7 Å². The van der Waals surface area contributed by atoms with Crippen LogP contribution in [0.25, 0.3) is 0 Å². The van der Waals surface area contributed by atoms with Crippen molar-refractivity contribution >= 4 is 5.97 Å². The van der Waals surface area contributed by atoms with E-state index in [2.05, 4.69) is 13.8 Å². The molecule has 2 aliphatic carbocycles. The Kier molecular flexibility index (Phi) is 1.14. The number of ether oxygens (including phenoxy) is 1. The fraction of sp³-hybridized carbons (Fsp3) is 0.900. The van der Waals surface area contributed by atoms with E-state index in [-0.39, 0.29) is 12.0 Å². The second-order valence-corrected chi connectivity index (χ2v) is 4.84. The van der Waals surface area contributed by atoms with Crippen LogP contribution in [0.2, 0.25) is 0 Å². The molecule has 13 heavy (non-hydrogen) atoms. The van der Waals surface area contributed by atoms with Crippen LogP contribution >= 0.6 is 0 Å². The Morgan fingerprint density at radius 3 is 2.69 bits per heavy atom. The number of hydrogen-bond acceptors (Lipinski definition) is 2. The first-order chi connectivity index (χ1) is 6.05. The van der Waals surface area contributed by atoms with Gasteiger partial charge in [-0.05, 0) is 24.2 Å². The average molecular weight is 184 g/mol. The summed E-state index contributed by atoms with van der Waals surface area (Å²) in [6.45, 7) is 4.12. The van der Waals surface area contributed by atoms with Gasteiger partial charge in [-0.2, -0.15) is 0 Å². The first-order valence-electron chi connectivity index (χ1n) is 4.95. The SMILES string of the molecule is CC1C2CC3(F)C(=O)OC1C3C2C. The third-order valence-corrected chi connectivity index (χ3v) is 4.43. The summed E-state index contributed by atoms with van der Waals surface area (Å²) < 4.78 is 19.2. The minimum Gasteiger partial charge on any atom is -0.459 e. The Morgan fingerprint density at radius 2 is 2.15 bits per heavy atom. The quantitative estimate of drug-likeness (QED) is 0.534. The highest BCUT2D eigenvalue weighted by molar-refractivity contribution is 5.84. The van der Waals surface area contributed by atoms with Crippen LogP contribution in [0, 0.1) is 23.7 Å². The molecule has 0 radical (unpaired) electrons. The predicted molar refractivity (Wildman–Crippen MR) is 43.6 cm³/mol. The maximum Gasteiger partial charge on any atom is 0.344 e. The predicted octanol–water partition coefficient (Wildman–Crippen LogP) is 1.54. The Hall–Kier alpha value is -0.600. The number of halogens is 1. The van der Waals surface area contributed by atoms with E-state index in [1.165, 1.54) is 0 Å². The molecule has 1 saturated heterocycles. The molecule has 0 amide bonds. The van der Waals surface area contributed by atoms with Gasteiger partial charge in [0, 0.05) is 5.92 Å². The Labute approximate surface area is 76.4 Å². The van der Waals surface area contributed by atoms with Gasteiger partial charge in [-0.25, -0.2) is 9.18 Å². The minimum atomic E-state index is -1.62. The molecule has 0 N–H and O–H groups in total. The van der Waals surface area contributed by atoms with Crippen molar-refractivity contribution in [2.75, 3.05) is 0 Å². The molecule has 3 heteroatoms. The van der Waals surface area contributed by atoms with Crippen LogP contribution < -0.4 is 0 Å². The third kappa shape index (κ3) is 0.617. The molecule has 6 unspecified atom stereocenters. The van der Waals surface area contributed by atoms with Crippen LogP contribution in [0.4, 0.5) is 4.39 Å². The summed E-state index contributed by atoms with van der Waals surface area (Å²) in [5.41, 5.74) is -1.62. The van der Waals surface area contributed by atoms with Gasteiger partial charge in [-0.3, -0.25) is 0 Å². The highest BCUT2D eigenvalue weighted by atomic mass is 19.1. The lowest BCUT2D eigenvalue weighted by Gasteiger charge is -2.23. The van der Waals surface area contributed by atoms with Gasteiger partial charge in [0.1, 0.15) is 6.10 Å². The number of carbonyl (C=O) groups is 1. The van der Waals surface area contributed by atoms with Gasteiger partial charge in [0.2, 0.25) is 5.67 Å². The lowest BCUT2D eigenvalue weighted by Crippen LogP contribution is -2.37. The molecule has 2 nitrogen and oxygen atoms in total. The van der Waals surface area contributed by atoms with Gasteiger partial charge in [-0.15, -0.1) is 0 Å². The van der Waals surface area contributed by atoms with Crippen LogP contribution in [0.3, 0.4) is 0 Å². The molecule has 3 fully saturated rings. The number of alkyl halides is 1. The number of esters is 1. The molecular weight excluding hydrogens is 171 g/mol. The van der Waals surface area contributed by atoms with Crippen molar-refractivity contribution < 1.29 is 13.9 Å². The van der Waals surface area contributed by atoms with Gasteiger partial charge in [0.25, 0.3) is 0 Å². The molecule has 1 aliphatic heterocycles. The van der Waals surface area contributed by atoms with Crippen molar-refractivity contribution in [2.45, 2.75) is 32.0 Å². The molecule has 0 aromatic heterocycles. The topological polar surface area (TPSA) is 26.3 Å². The van der Waals surface area contributed by atoms with Gasteiger partial charge >= 0.3 is 5.97 Å². The lowest BCUT2D eigenvalue weighted by molar-refractivity contribution is -0.149. The van der Waals surface area contributed by atoms with E-state index in [1.807, 2.05) is 0 Å². The van der Waals surface area contributed by atoms with Gasteiger partial charge < -0.3 is 4.74 Å². The minimum absolute atomic E-state index is 0.133.